The first kappa shape index (κ1) is 13.4. The molecule has 0 radical (unpaired) electrons. The van der Waals surface area contributed by atoms with Gasteiger partial charge in [0.1, 0.15) is 5.82 Å². The van der Waals surface area contributed by atoms with Crippen LogP contribution in [0, 0.1) is 6.92 Å². The van der Waals surface area contributed by atoms with Crippen molar-refractivity contribution >= 4 is 11.7 Å². The number of hydrogen-bond donors (Lipinski definition) is 2. The molecule has 0 spiro atoms. The number of aromatic nitrogens is 1. The van der Waals surface area contributed by atoms with Gasteiger partial charge in [0.05, 0.1) is 6.61 Å². The molecule has 2 N–H and O–H groups in total. The molecule has 5 nitrogen and oxygen atoms in total. The number of amides is 1. The minimum Gasteiger partial charge on any atom is -0.383 e. The second-order valence-electron chi connectivity index (χ2n) is 3.68. The summed E-state index contributed by atoms with van der Waals surface area (Å²) in [7, 11) is 1.61. The molecule has 0 aliphatic rings. The highest BCUT2D eigenvalue weighted by atomic mass is 16.5. The quantitative estimate of drug-likeness (QED) is 0.693. The van der Waals surface area contributed by atoms with E-state index in [9.17, 15) is 4.79 Å². The Morgan fingerprint density at radius 1 is 1.41 bits per heavy atom. The lowest BCUT2D eigenvalue weighted by atomic mass is 10.3. The molecule has 0 saturated carbocycles. The molecule has 1 heterocycles. The lowest BCUT2D eigenvalue weighted by Gasteiger charge is -2.07. The molecule has 0 bridgehead atoms. The van der Waals surface area contributed by atoms with Gasteiger partial charge in [0.2, 0.25) is 5.91 Å². The van der Waals surface area contributed by atoms with E-state index in [0.717, 1.165) is 11.5 Å². The molecule has 0 atom stereocenters. The highest BCUT2D eigenvalue weighted by molar-refractivity contribution is 5.76. The topological polar surface area (TPSA) is 63.2 Å². The largest absolute Gasteiger partial charge is 0.383 e. The summed E-state index contributed by atoms with van der Waals surface area (Å²) < 4.78 is 4.84. The molecule has 1 aromatic heterocycles. The van der Waals surface area contributed by atoms with E-state index in [0.29, 0.717) is 26.1 Å². The highest BCUT2D eigenvalue weighted by Gasteiger charge is 2.00. The Labute approximate surface area is 102 Å². The van der Waals surface area contributed by atoms with Crippen molar-refractivity contribution in [3.8, 4) is 0 Å². The van der Waals surface area contributed by atoms with Crippen LogP contribution in [0.25, 0.3) is 0 Å². The fraction of sp³-hybridized carbons (Fsp3) is 0.500. The number of ether oxygens (including phenoxy) is 1. The van der Waals surface area contributed by atoms with Crippen LogP contribution >= 0.6 is 0 Å². The molecule has 0 aliphatic heterocycles. The molecule has 0 saturated heterocycles. The second kappa shape index (κ2) is 7.62. The van der Waals surface area contributed by atoms with Crippen LogP contribution in [-0.4, -0.2) is 37.7 Å². The number of methoxy groups -OCH3 is 1. The Morgan fingerprint density at radius 2 is 2.24 bits per heavy atom. The average molecular weight is 237 g/mol. The van der Waals surface area contributed by atoms with Crippen LogP contribution in [0.1, 0.15) is 12.1 Å². The van der Waals surface area contributed by atoms with Crippen molar-refractivity contribution in [2.45, 2.75) is 13.3 Å². The zero-order valence-corrected chi connectivity index (χ0v) is 10.3. The van der Waals surface area contributed by atoms with Gasteiger partial charge in [0.25, 0.3) is 0 Å². The average Bonchev–Trinajstić information content (AvgIpc) is 2.29. The van der Waals surface area contributed by atoms with Crippen LogP contribution in [0.15, 0.2) is 18.2 Å². The Morgan fingerprint density at radius 3 is 2.94 bits per heavy atom. The fourth-order valence-electron chi connectivity index (χ4n) is 1.33. The first-order valence-corrected chi connectivity index (χ1v) is 5.65. The molecule has 0 unspecified atom stereocenters. The minimum absolute atomic E-state index is 0.0159. The minimum atomic E-state index is 0.0159. The molecule has 17 heavy (non-hydrogen) atoms. The van der Waals surface area contributed by atoms with Crippen molar-refractivity contribution in [3.63, 3.8) is 0 Å². The van der Waals surface area contributed by atoms with Crippen LogP contribution in [0.2, 0.25) is 0 Å². The van der Waals surface area contributed by atoms with Crippen LogP contribution in [0.4, 0.5) is 5.82 Å². The van der Waals surface area contributed by atoms with E-state index in [1.54, 1.807) is 7.11 Å². The Hall–Kier alpha value is -1.62. The SMILES string of the molecule is COCCNC(=O)CCNc1cccc(C)n1. The summed E-state index contributed by atoms with van der Waals surface area (Å²) in [5.74, 6) is 0.817. The van der Waals surface area contributed by atoms with Crippen molar-refractivity contribution in [1.82, 2.24) is 10.3 Å². The summed E-state index contributed by atoms with van der Waals surface area (Å²) in [5.41, 5.74) is 0.958. The first-order valence-electron chi connectivity index (χ1n) is 5.65. The molecule has 0 aromatic carbocycles. The van der Waals surface area contributed by atoms with E-state index in [2.05, 4.69) is 15.6 Å². The van der Waals surface area contributed by atoms with Crippen molar-refractivity contribution in [1.29, 1.82) is 0 Å². The summed E-state index contributed by atoms with van der Waals surface area (Å²) in [4.78, 5) is 15.6. The zero-order valence-electron chi connectivity index (χ0n) is 10.3. The zero-order chi connectivity index (χ0) is 12.5. The highest BCUT2D eigenvalue weighted by Crippen LogP contribution is 2.03. The first-order chi connectivity index (χ1) is 8.22. The van der Waals surface area contributed by atoms with E-state index < -0.39 is 0 Å². The fourth-order valence-corrected chi connectivity index (χ4v) is 1.33. The maximum absolute atomic E-state index is 11.3. The van der Waals surface area contributed by atoms with Crippen LogP contribution in [0.3, 0.4) is 0 Å². The number of rotatable bonds is 7. The Balaban J connectivity index is 2.17. The van der Waals surface area contributed by atoms with Crippen molar-refractivity contribution in [2.24, 2.45) is 0 Å². The van der Waals surface area contributed by atoms with E-state index in [1.807, 2.05) is 25.1 Å². The standard InChI is InChI=1S/C12H19N3O2/c1-10-4-3-5-11(15-10)13-7-6-12(16)14-8-9-17-2/h3-5H,6-9H2,1-2H3,(H,13,15)(H,14,16). The maximum atomic E-state index is 11.3. The third-order valence-electron chi connectivity index (χ3n) is 2.17. The van der Waals surface area contributed by atoms with Crippen LogP contribution in [-0.2, 0) is 9.53 Å². The van der Waals surface area contributed by atoms with Crippen molar-refractivity contribution in [3.05, 3.63) is 23.9 Å². The number of hydrogen-bond acceptors (Lipinski definition) is 4. The number of nitrogens with one attached hydrogen (secondary N) is 2. The molecule has 1 aromatic rings. The molecule has 0 fully saturated rings. The molecule has 0 aliphatic carbocycles. The van der Waals surface area contributed by atoms with E-state index >= 15 is 0 Å². The van der Waals surface area contributed by atoms with Gasteiger partial charge in [-0.1, -0.05) is 6.07 Å². The molecule has 1 amide bonds. The van der Waals surface area contributed by atoms with Crippen molar-refractivity contribution in [2.75, 3.05) is 32.1 Å². The number of anilines is 1. The monoisotopic (exact) mass is 237 g/mol. The summed E-state index contributed by atoms with van der Waals surface area (Å²) in [6.07, 6.45) is 0.430. The van der Waals surface area contributed by atoms with Gasteiger partial charge in [0, 0.05) is 32.3 Å². The third kappa shape index (κ3) is 5.87. The normalized spacial score (nSPS) is 10.0. The van der Waals surface area contributed by atoms with E-state index in [-0.39, 0.29) is 5.91 Å². The summed E-state index contributed by atoms with van der Waals surface area (Å²) >= 11 is 0. The van der Waals surface area contributed by atoms with Gasteiger partial charge in [-0.15, -0.1) is 0 Å². The molecule has 1 rings (SSSR count). The molecular weight excluding hydrogens is 218 g/mol. The molecule has 94 valence electrons. The number of aryl methyl sites for hydroxylation is 1. The van der Waals surface area contributed by atoms with Gasteiger partial charge in [-0.05, 0) is 19.1 Å². The second-order valence-corrected chi connectivity index (χ2v) is 3.68. The lowest BCUT2D eigenvalue weighted by Crippen LogP contribution is -2.28. The smallest absolute Gasteiger partial charge is 0.221 e. The summed E-state index contributed by atoms with van der Waals surface area (Å²) in [6, 6.07) is 5.75. The molecule has 5 heteroatoms. The lowest BCUT2D eigenvalue weighted by molar-refractivity contribution is -0.121. The van der Waals surface area contributed by atoms with Gasteiger partial charge in [0.15, 0.2) is 0 Å². The van der Waals surface area contributed by atoms with Gasteiger partial charge >= 0.3 is 0 Å². The van der Waals surface area contributed by atoms with Crippen LogP contribution < -0.4 is 10.6 Å². The predicted molar refractivity (Wildman–Crippen MR) is 67.0 cm³/mol. The van der Waals surface area contributed by atoms with Gasteiger partial charge in [-0.2, -0.15) is 0 Å². The van der Waals surface area contributed by atoms with Gasteiger partial charge in [-0.3, -0.25) is 4.79 Å². The third-order valence-corrected chi connectivity index (χ3v) is 2.17. The number of pyridine rings is 1. The van der Waals surface area contributed by atoms with Crippen molar-refractivity contribution < 1.29 is 9.53 Å². The summed E-state index contributed by atoms with van der Waals surface area (Å²) in [6.45, 7) is 3.61. The van der Waals surface area contributed by atoms with E-state index in [1.165, 1.54) is 0 Å². The predicted octanol–water partition coefficient (Wildman–Crippen LogP) is 0.955. The number of carbonyl (C=O) groups excluding carboxylic acids is 1. The number of nitrogens with zero attached hydrogens (tertiary/aromatic N) is 1. The number of carbonyl (C=O) groups is 1. The van der Waals surface area contributed by atoms with Gasteiger partial charge < -0.3 is 15.4 Å². The maximum Gasteiger partial charge on any atom is 0.221 e. The molecular formula is C12H19N3O2. The Bertz CT molecular complexity index is 355. The van der Waals surface area contributed by atoms with Gasteiger partial charge in [-0.25, -0.2) is 4.98 Å². The van der Waals surface area contributed by atoms with Crippen LogP contribution in [0.5, 0.6) is 0 Å². The Kier molecular flexibility index (Phi) is 6.03. The summed E-state index contributed by atoms with van der Waals surface area (Å²) in [5, 5.41) is 5.86. The van der Waals surface area contributed by atoms with E-state index in [4.69, 9.17) is 4.74 Å².